The summed E-state index contributed by atoms with van der Waals surface area (Å²) in [6.07, 6.45) is 0. The summed E-state index contributed by atoms with van der Waals surface area (Å²) < 4.78 is 5.46. The number of ether oxygens (including phenoxy) is 1. The van der Waals surface area contributed by atoms with E-state index in [1.807, 2.05) is 24.3 Å². The molecule has 0 aromatic heterocycles. The summed E-state index contributed by atoms with van der Waals surface area (Å²) in [6.45, 7) is 2.81. The summed E-state index contributed by atoms with van der Waals surface area (Å²) in [5.74, 6) is 1.21. The zero-order valence-electron chi connectivity index (χ0n) is 13.0. The number of nitrogens with zero attached hydrogens (tertiary/aromatic N) is 1. The smallest absolute Gasteiger partial charge is 0.142 e. The lowest BCUT2D eigenvalue weighted by atomic mass is 9.92. The summed E-state index contributed by atoms with van der Waals surface area (Å²) in [5.41, 5.74) is 8.43. The molecule has 0 aliphatic heterocycles. The number of para-hydroxylation sites is 2. The number of anilines is 1. The van der Waals surface area contributed by atoms with E-state index in [0.29, 0.717) is 12.5 Å². The summed E-state index contributed by atoms with van der Waals surface area (Å²) in [7, 11) is 3.78. The minimum absolute atomic E-state index is 0.212. The van der Waals surface area contributed by atoms with E-state index in [4.69, 9.17) is 10.5 Å². The molecule has 0 spiro atoms. The van der Waals surface area contributed by atoms with Crippen LogP contribution in [0.2, 0.25) is 0 Å². The van der Waals surface area contributed by atoms with Crippen molar-refractivity contribution in [1.29, 1.82) is 0 Å². The van der Waals surface area contributed by atoms with Crippen molar-refractivity contribution in [2.75, 3.05) is 25.6 Å². The highest BCUT2D eigenvalue weighted by atomic mass is 16.5. The molecule has 2 aromatic carbocycles. The van der Waals surface area contributed by atoms with Crippen molar-refractivity contribution in [2.24, 2.45) is 5.73 Å². The van der Waals surface area contributed by atoms with Gasteiger partial charge in [0.15, 0.2) is 0 Å². The summed E-state index contributed by atoms with van der Waals surface area (Å²) >= 11 is 0. The van der Waals surface area contributed by atoms with Crippen LogP contribution in [-0.2, 0) is 0 Å². The molecule has 21 heavy (non-hydrogen) atoms. The second kappa shape index (κ2) is 7.14. The molecule has 112 valence electrons. The average molecular weight is 284 g/mol. The SMILES string of the molecule is COc1ccccc1N(C)C(CN)C(C)c1ccccc1. The molecule has 2 rings (SSSR count). The van der Waals surface area contributed by atoms with Gasteiger partial charge in [-0.05, 0) is 17.7 Å². The molecule has 0 heterocycles. The first-order chi connectivity index (χ1) is 10.2. The molecule has 0 amide bonds. The number of nitrogens with two attached hydrogens (primary N) is 1. The normalized spacial score (nSPS) is 13.5. The monoisotopic (exact) mass is 284 g/mol. The van der Waals surface area contributed by atoms with E-state index in [9.17, 15) is 0 Å². The Kier molecular flexibility index (Phi) is 5.23. The third-order valence-electron chi connectivity index (χ3n) is 4.11. The van der Waals surface area contributed by atoms with Gasteiger partial charge in [0, 0.05) is 25.6 Å². The van der Waals surface area contributed by atoms with Gasteiger partial charge < -0.3 is 15.4 Å². The second-order valence-electron chi connectivity index (χ2n) is 5.29. The zero-order chi connectivity index (χ0) is 15.2. The van der Waals surface area contributed by atoms with Gasteiger partial charge in [0.2, 0.25) is 0 Å². The average Bonchev–Trinajstić information content (AvgIpc) is 2.56. The highest BCUT2D eigenvalue weighted by Crippen LogP contribution is 2.31. The quantitative estimate of drug-likeness (QED) is 0.885. The molecular formula is C18H24N2O. The maximum absolute atomic E-state index is 6.06. The molecule has 0 fully saturated rings. The van der Waals surface area contributed by atoms with Crippen molar-refractivity contribution in [1.82, 2.24) is 0 Å². The van der Waals surface area contributed by atoms with Crippen molar-refractivity contribution in [2.45, 2.75) is 18.9 Å². The predicted molar refractivity (Wildman–Crippen MR) is 89.1 cm³/mol. The van der Waals surface area contributed by atoms with Gasteiger partial charge in [-0.15, -0.1) is 0 Å². The van der Waals surface area contributed by atoms with Crippen LogP contribution in [0.3, 0.4) is 0 Å². The van der Waals surface area contributed by atoms with Crippen LogP contribution in [0.25, 0.3) is 0 Å². The van der Waals surface area contributed by atoms with Crippen LogP contribution >= 0.6 is 0 Å². The van der Waals surface area contributed by atoms with Gasteiger partial charge in [-0.25, -0.2) is 0 Å². The van der Waals surface area contributed by atoms with E-state index in [0.717, 1.165) is 11.4 Å². The van der Waals surface area contributed by atoms with E-state index >= 15 is 0 Å². The lowest BCUT2D eigenvalue weighted by Crippen LogP contribution is -2.42. The van der Waals surface area contributed by atoms with Gasteiger partial charge in [-0.2, -0.15) is 0 Å². The van der Waals surface area contributed by atoms with Crippen molar-refractivity contribution in [3.63, 3.8) is 0 Å². The Bertz CT molecular complexity index is 556. The number of hydrogen-bond donors (Lipinski definition) is 1. The Balaban J connectivity index is 2.28. The van der Waals surface area contributed by atoms with Crippen LogP contribution in [-0.4, -0.2) is 26.7 Å². The molecule has 2 N–H and O–H groups in total. The Morgan fingerprint density at radius 3 is 2.29 bits per heavy atom. The number of likely N-dealkylation sites (N-methyl/N-ethyl adjacent to an activating group) is 1. The molecule has 0 aliphatic rings. The lowest BCUT2D eigenvalue weighted by molar-refractivity contribution is 0.412. The fourth-order valence-electron chi connectivity index (χ4n) is 2.78. The number of hydrogen-bond acceptors (Lipinski definition) is 3. The summed E-state index contributed by atoms with van der Waals surface area (Å²) in [4.78, 5) is 2.22. The summed E-state index contributed by atoms with van der Waals surface area (Å²) in [6, 6.07) is 18.8. The first-order valence-electron chi connectivity index (χ1n) is 7.30. The standard InChI is InChI=1S/C18H24N2O/c1-14(15-9-5-4-6-10-15)17(13-19)20(2)16-11-7-8-12-18(16)21-3/h4-12,14,17H,13,19H2,1-3H3. The van der Waals surface area contributed by atoms with E-state index in [-0.39, 0.29) is 6.04 Å². The molecule has 3 heteroatoms. The Morgan fingerprint density at radius 1 is 1.05 bits per heavy atom. The Labute approximate surface area is 127 Å². The van der Waals surface area contributed by atoms with E-state index in [1.54, 1.807) is 7.11 Å². The molecule has 0 saturated heterocycles. The maximum Gasteiger partial charge on any atom is 0.142 e. The van der Waals surface area contributed by atoms with Crippen LogP contribution in [0.4, 0.5) is 5.69 Å². The fourth-order valence-corrected chi connectivity index (χ4v) is 2.78. The first-order valence-corrected chi connectivity index (χ1v) is 7.30. The molecule has 0 bridgehead atoms. The molecule has 3 nitrogen and oxygen atoms in total. The van der Waals surface area contributed by atoms with Gasteiger partial charge in [-0.3, -0.25) is 0 Å². The lowest BCUT2D eigenvalue weighted by Gasteiger charge is -2.34. The molecule has 2 unspecified atom stereocenters. The molecule has 0 aliphatic carbocycles. The van der Waals surface area contributed by atoms with Crippen LogP contribution in [0, 0.1) is 0 Å². The van der Waals surface area contributed by atoms with E-state index in [2.05, 4.69) is 49.2 Å². The largest absolute Gasteiger partial charge is 0.495 e. The zero-order valence-corrected chi connectivity index (χ0v) is 13.0. The predicted octanol–water partition coefficient (Wildman–Crippen LogP) is 3.26. The molecule has 2 atom stereocenters. The molecule has 2 aromatic rings. The highest BCUT2D eigenvalue weighted by Gasteiger charge is 2.23. The van der Waals surface area contributed by atoms with Gasteiger partial charge in [0.1, 0.15) is 5.75 Å². The summed E-state index contributed by atoms with van der Waals surface area (Å²) in [5, 5.41) is 0. The van der Waals surface area contributed by atoms with Crippen molar-refractivity contribution in [3.05, 3.63) is 60.2 Å². The van der Waals surface area contributed by atoms with Gasteiger partial charge in [0.25, 0.3) is 0 Å². The third kappa shape index (κ3) is 3.37. The molecule has 0 saturated carbocycles. The highest BCUT2D eigenvalue weighted by molar-refractivity contribution is 5.59. The van der Waals surface area contributed by atoms with Gasteiger partial charge in [0.05, 0.1) is 12.8 Å². The Morgan fingerprint density at radius 2 is 1.67 bits per heavy atom. The number of rotatable bonds is 6. The Hall–Kier alpha value is -2.00. The molecule has 0 radical (unpaired) electrons. The topological polar surface area (TPSA) is 38.5 Å². The number of benzene rings is 2. The van der Waals surface area contributed by atoms with E-state index < -0.39 is 0 Å². The second-order valence-corrected chi connectivity index (χ2v) is 5.29. The molecular weight excluding hydrogens is 260 g/mol. The van der Waals surface area contributed by atoms with Crippen molar-refractivity contribution in [3.8, 4) is 5.75 Å². The van der Waals surface area contributed by atoms with Crippen LogP contribution in [0.1, 0.15) is 18.4 Å². The third-order valence-corrected chi connectivity index (χ3v) is 4.11. The number of methoxy groups -OCH3 is 1. The first kappa shape index (κ1) is 15.4. The van der Waals surface area contributed by atoms with Crippen molar-refractivity contribution < 1.29 is 4.74 Å². The maximum atomic E-state index is 6.06. The van der Waals surface area contributed by atoms with Gasteiger partial charge >= 0.3 is 0 Å². The van der Waals surface area contributed by atoms with Crippen LogP contribution < -0.4 is 15.4 Å². The van der Waals surface area contributed by atoms with Crippen LogP contribution in [0.5, 0.6) is 5.75 Å². The van der Waals surface area contributed by atoms with Crippen molar-refractivity contribution >= 4 is 5.69 Å². The van der Waals surface area contributed by atoms with Crippen LogP contribution in [0.15, 0.2) is 54.6 Å². The van der Waals surface area contributed by atoms with E-state index in [1.165, 1.54) is 5.56 Å². The minimum atomic E-state index is 0.212. The minimum Gasteiger partial charge on any atom is -0.495 e. The fraction of sp³-hybridized carbons (Fsp3) is 0.333. The van der Waals surface area contributed by atoms with Gasteiger partial charge in [-0.1, -0.05) is 49.4 Å².